The first-order valence-electron chi connectivity index (χ1n) is 6.77. The maximum absolute atomic E-state index is 12.0. The molecule has 0 bridgehead atoms. The maximum atomic E-state index is 12.0. The van der Waals surface area contributed by atoms with Crippen molar-refractivity contribution in [2.45, 2.75) is 38.8 Å². The Morgan fingerprint density at radius 2 is 2.29 bits per heavy atom. The van der Waals surface area contributed by atoms with Crippen molar-refractivity contribution in [2.75, 3.05) is 24.1 Å². The van der Waals surface area contributed by atoms with Gasteiger partial charge in [-0.15, -0.1) is 0 Å². The number of halogens is 1. The van der Waals surface area contributed by atoms with Crippen LogP contribution in [0.25, 0.3) is 0 Å². The van der Waals surface area contributed by atoms with E-state index in [1.54, 1.807) is 4.90 Å². The van der Waals surface area contributed by atoms with Gasteiger partial charge in [-0.05, 0) is 38.8 Å². The minimum absolute atomic E-state index is 0.0609. The van der Waals surface area contributed by atoms with Crippen LogP contribution in [-0.2, 0) is 4.74 Å². The van der Waals surface area contributed by atoms with Crippen LogP contribution >= 0.6 is 11.6 Å². The van der Waals surface area contributed by atoms with E-state index in [1.165, 1.54) is 6.20 Å². The second kappa shape index (κ2) is 5.93. The van der Waals surface area contributed by atoms with Gasteiger partial charge in [0.1, 0.15) is 5.60 Å². The highest BCUT2D eigenvalue weighted by molar-refractivity contribution is 6.28. The average molecular weight is 314 g/mol. The van der Waals surface area contributed by atoms with Gasteiger partial charge in [0.25, 0.3) is 0 Å². The number of ether oxygens (including phenoxy) is 1. The van der Waals surface area contributed by atoms with Crippen LogP contribution in [-0.4, -0.2) is 45.7 Å². The Morgan fingerprint density at radius 1 is 1.57 bits per heavy atom. The number of hydrogen-bond acceptors (Lipinski definition) is 6. The molecule has 1 aromatic rings. The molecule has 7 nitrogen and oxygen atoms in total. The molecule has 2 rings (SSSR count). The SMILES string of the molecule is CC(C)(C)OC(=O)N1CCC(Nc2nc(Cl)ncc2N)C1. The molecule has 1 atom stereocenters. The Balaban J connectivity index is 1.93. The number of anilines is 2. The van der Waals surface area contributed by atoms with Crippen LogP contribution in [0.2, 0.25) is 5.28 Å². The summed E-state index contributed by atoms with van der Waals surface area (Å²) in [5, 5.41) is 3.32. The lowest BCUT2D eigenvalue weighted by Crippen LogP contribution is -2.36. The summed E-state index contributed by atoms with van der Waals surface area (Å²) in [6.07, 6.45) is 1.94. The summed E-state index contributed by atoms with van der Waals surface area (Å²) in [4.78, 5) is 21.5. The number of hydrogen-bond donors (Lipinski definition) is 2. The molecule has 116 valence electrons. The standard InChI is InChI=1S/C13H20ClN5O2/c1-13(2,3)21-12(20)19-5-4-8(7-19)17-10-9(15)6-16-11(14)18-10/h6,8H,4-5,7,15H2,1-3H3,(H,16,17,18). The van der Waals surface area contributed by atoms with E-state index in [1.807, 2.05) is 20.8 Å². The largest absolute Gasteiger partial charge is 0.444 e. The van der Waals surface area contributed by atoms with Gasteiger partial charge in [-0.25, -0.2) is 9.78 Å². The number of carbonyl (C=O) groups is 1. The lowest BCUT2D eigenvalue weighted by molar-refractivity contribution is 0.0293. The number of nitrogens with one attached hydrogen (secondary N) is 1. The monoisotopic (exact) mass is 313 g/mol. The summed E-state index contributed by atoms with van der Waals surface area (Å²) in [6, 6.07) is 0.0609. The average Bonchev–Trinajstić information content (AvgIpc) is 2.80. The molecule has 1 aromatic heterocycles. The first-order chi connectivity index (χ1) is 9.74. The topological polar surface area (TPSA) is 93.4 Å². The molecule has 21 heavy (non-hydrogen) atoms. The van der Waals surface area contributed by atoms with Gasteiger partial charge in [0.2, 0.25) is 5.28 Å². The van der Waals surface area contributed by atoms with Crippen LogP contribution in [0, 0.1) is 0 Å². The molecule has 1 aliphatic heterocycles. The van der Waals surface area contributed by atoms with E-state index in [-0.39, 0.29) is 17.4 Å². The molecule has 0 aromatic carbocycles. The summed E-state index contributed by atoms with van der Waals surface area (Å²) >= 11 is 5.75. The molecule has 1 unspecified atom stereocenters. The van der Waals surface area contributed by atoms with E-state index in [9.17, 15) is 4.79 Å². The van der Waals surface area contributed by atoms with Crippen molar-refractivity contribution in [2.24, 2.45) is 0 Å². The number of nitrogens with zero attached hydrogens (tertiary/aromatic N) is 3. The number of aromatic nitrogens is 2. The first kappa shape index (κ1) is 15.6. The lowest BCUT2D eigenvalue weighted by Gasteiger charge is -2.24. The maximum Gasteiger partial charge on any atom is 0.410 e. The summed E-state index contributed by atoms with van der Waals surface area (Å²) in [6.45, 7) is 6.71. The van der Waals surface area contributed by atoms with Crippen LogP contribution in [0.5, 0.6) is 0 Å². The second-order valence-corrected chi connectivity index (χ2v) is 6.34. The fraction of sp³-hybridized carbons (Fsp3) is 0.615. The minimum Gasteiger partial charge on any atom is -0.444 e. The second-order valence-electron chi connectivity index (χ2n) is 6.00. The van der Waals surface area contributed by atoms with Gasteiger partial charge in [0.15, 0.2) is 5.82 Å². The Bertz CT molecular complexity index is 532. The zero-order valence-corrected chi connectivity index (χ0v) is 13.1. The van der Waals surface area contributed by atoms with E-state index in [0.717, 1.165) is 6.42 Å². The van der Waals surface area contributed by atoms with Crippen molar-refractivity contribution in [3.8, 4) is 0 Å². The normalized spacial score (nSPS) is 18.7. The predicted octanol–water partition coefficient (Wildman–Crippen LogP) is 2.13. The number of likely N-dealkylation sites (tertiary alicyclic amines) is 1. The first-order valence-corrected chi connectivity index (χ1v) is 7.15. The molecule has 1 fully saturated rings. The van der Waals surface area contributed by atoms with E-state index in [4.69, 9.17) is 22.1 Å². The summed E-state index contributed by atoms with van der Waals surface area (Å²) in [5.41, 5.74) is 5.73. The van der Waals surface area contributed by atoms with Crippen molar-refractivity contribution in [3.05, 3.63) is 11.5 Å². The van der Waals surface area contributed by atoms with E-state index in [2.05, 4.69) is 15.3 Å². The van der Waals surface area contributed by atoms with Crippen molar-refractivity contribution in [1.29, 1.82) is 0 Å². The van der Waals surface area contributed by atoms with Crippen molar-refractivity contribution in [1.82, 2.24) is 14.9 Å². The third kappa shape index (κ3) is 4.35. The number of nitrogen functional groups attached to an aromatic ring is 1. The number of amides is 1. The fourth-order valence-electron chi connectivity index (χ4n) is 2.05. The van der Waals surface area contributed by atoms with Gasteiger partial charge in [-0.1, -0.05) is 0 Å². The van der Waals surface area contributed by atoms with Gasteiger partial charge in [-0.3, -0.25) is 0 Å². The van der Waals surface area contributed by atoms with E-state index < -0.39 is 5.60 Å². The van der Waals surface area contributed by atoms with Gasteiger partial charge in [0.05, 0.1) is 11.9 Å². The predicted molar refractivity (Wildman–Crippen MR) is 81.3 cm³/mol. The molecule has 1 aliphatic rings. The van der Waals surface area contributed by atoms with Crippen molar-refractivity contribution >= 4 is 29.2 Å². The molecule has 3 N–H and O–H groups in total. The highest BCUT2D eigenvalue weighted by Crippen LogP contribution is 2.21. The summed E-state index contributed by atoms with van der Waals surface area (Å²) in [7, 11) is 0. The number of carbonyl (C=O) groups excluding carboxylic acids is 1. The van der Waals surface area contributed by atoms with E-state index >= 15 is 0 Å². The lowest BCUT2D eigenvalue weighted by atomic mass is 10.2. The molecule has 0 radical (unpaired) electrons. The summed E-state index contributed by atoms with van der Waals surface area (Å²) in [5.74, 6) is 0.492. The summed E-state index contributed by atoms with van der Waals surface area (Å²) < 4.78 is 5.35. The highest BCUT2D eigenvalue weighted by Gasteiger charge is 2.30. The van der Waals surface area contributed by atoms with Crippen molar-refractivity contribution in [3.63, 3.8) is 0 Å². The Morgan fingerprint density at radius 3 is 2.95 bits per heavy atom. The zero-order valence-electron chi connectivity index (χ0n) is 12.4. The minimum atomic E-state index is -0.493. The van der Waals surface area contributed by atoms with Crippen LogP contribution in [0.1, 0.15) is 27.2 Å². The van der Waals surface area contributed by atoms with Crippen LogP contribution < -0.4 is 11.1 Å². The molecular weight excluding hydrogens is 294 g/mol. The molecule has 0 saturated carbocycles. The number of nitrogens with two attached hydrogens (primary N) is 1. The Labute approximate surface area is 128 Å². The molecule has 8 heteroatoms. The van der Waals surface area contributed by atoms with Gasteiger partial charge >= 0.3 is 6.09 Å². The smallest absolute Gasteiger partial charge is 0.410 e. The third-order valence-electron chi connectivity index (χ3n) is 2.97. The van der Waals surface area contributed by atoms with Crippen LogP contribution in [0.3, 0.4) is 0 Å². The van der Waals surface area contributed by atoms with Crippen LogP contribution in [0.15, 0.2) is 6.20 Å². The van der Waals surface area contributed by atoms with Crippen LogP contribution in [0.4, 0.5) is 16.3 Å². The third-order valence-corrected chi connectivity index (χ3v) is 3.15. The Kier molecular flexibility index (Phi) is 4.41. The quantitative estimate of drug-likeness (QED) is 0.812. The van der Waals surface area contributed by atoms with Gasteiger partial charge in [-0.2, -0.15) is 4.98 Å². The molecule has 0 spiro atoms. The van der Waals surface area contributed by atoms with Gasteiger partial charge < -0.3 is 20.7 Å². The van der Waals surface area contributed by atoms with Crippen molar-refractivity contribution < 1.29 is 9.53 Å². The zero-order chi connectivity index (χ0) is 15.6. The molecule has 1 saturated heterocycles. The van der Waals surface area contributed by atoms with Gasteiger partial charge in [0, 0.05) is 19.1 Å². The number of rotatable bonds is 2. The van der Waals surface area contributed by atoms with E-state index in [0.29, 0.717) is 24.6 Å². The molecule has 2 heterocycles. The molecule has 1 amide bonds. The highest BCUT2D eigenvalue weighted by atomic mass is 35.5. The molecular formula is C13H20ClN5O2. The Hall–Kier alpha value is -1.76. The molecule has 0 aliphatic carbocycles. The fourth-order valence-corrected chi connectivity index (χ4v) is 2.18.